The molecule has 1 aromatic heterocycles. The van der Waals surface area contributed by atoms with Crippen LogP contribution in [0, 0.1) is 10.1 Å². The van der Waals surface area contributed by atoms with Crippen LogP contribution in [0.2, 0.25) is 0 Å². The molecular formula is C23H21N6NaO7. The summed E-state index contributed by atoms with van der Waals surface area (Å²) in [5.41, 5.74) is 0.941. The third-order valence-corrected chi connectivity index (χ3v) is 5.28. The zero-order valence-corrected chi connectivity index (χ0v) is 18.7. The molecule has 14 heteroatoms. The number of nitro groups is 1. The van der Waals surface area contributed by atoms with E-state index in [0.29, 0.717) is 24.9 Å². The normalized spacial score (nSPS) is 13.7. The van der Waals surface area contributed by atoms with Crippen LogP contribution < -0.4 is 10.6 Å². The number of carboxylic acids is 1. The summed E-state index contributed by atoms with van der Waals surface area (Å²) in [6.07, 6.45) is 3.11. The second-order valence-corrected chi connectivity index (χ2v) is 7.69. The van der Waals surface area contributed by atoms with Crippen LogP contribution in [-0.4, -0.2) is 85.8 Å². The maximum absolute atomic E-state index is 12.0. The molecule has 0 bridgehead atoms. The Hall–Kier alpha value is -4.07. The van der Waals surface area contributed by atoms with Crippen molar-refractivity contribution < 1.29 is 29.2 Å². The van der Waals surface area contributed by atoms with Gasteiger partial charge in [-0.2, -0.15) is 0 Å². The molecule has 0 radical (unpaired) electrons. The van der Waals surface area contributed by atoms with E-state index < -0.39 is 28.7 Å². The summed E-state index contributed by atoms with van der Waals surface area (Å²) < 4.78 is 6.50. The molecule has 37 heavy (non-hydrogen) atoms. The third kappa shape index (κ3) is 6.58. The van der Waals surface area contributed by atoms with Gasteiger partial charge >= 0.3 is 41.6 Å². The number of carbonyl (C=O) groups is 3. The number of imidazole rings is 1. The van der Waals surface area contributed by atoms with Gasteiger partial charge in [-0.25, -0.2) is 19.6 Å². The van der Waals surface area contributed by atoms with Gasteiger partial charge in [0.15, 0.2) is 5.71 Å². The fourth-order valence-corrected chi connectivity index (χ4v) is 3.56. The maximum atomic E-state index is 12.0. The predicted molar refractivity (Wildman–Crippen MR) is 134 cm³/mol. The van der Waals surface area contributed by atoms with Gasteiger partial charge in [-0.1, -0.05) is 30.3 Å². The number of hydrogen-bond acceptors (Lipinski definition) is 9. The molecule has 186 valence electrons. The van der Waals surface area contributed by atoms with Gasteiger partial charge in [-0.15, -0.1) is 0 Å². The van der Waals surface area contributed by atoms with Crippen LogP contribution in [-0.2, 0) is 27.4 Å². The van der Waals surface area contributed by atoms with Crippen LogP contribution in [0.15, 0.2) is 60.0 Å². The van der Waals surface area contributed by atoms with Crippen LogP contribution in [0.4, 0.5) is 21.9 Å². The Kier molecular flexibility index (Phi) is 9.11. The Balaban J connectivity index is 0.00000380. The van der Waals surface area contributed by atoms with Crippen LogP contribution in [0.5, 0.6) is 0 Å². The molecule has 1 aliphatic heterocycles. The van der Waals surface area contributed by atoms with Crippen molar-refractivity contribution in [1.82, 2.24) is 14.9 Å². The molecule has 3 aromatic rings. The number of aldehydes is 1. The number of alkyl carbamates (subject to hydrolysis) is 1. The van der Waals surface area contributed by atoms with Crippen molar-refractivity contribution in [1.29, 1.82) is 0 Å². The van der Waals surface area contributed by atoms with Crippen LogP contribution in [0.25, 0.3) is 5.69 Å². The Labute approximate surface area is 232 Å². The van der Waals surface area contributed by atoms with Gasteiger partial charge in [-0.3, -0.25) is 14.7 Å². The Morgan fingerprint density at radius 1 is 1.27 bits per heavy atom. The Morgan fingerprint density at radius 3 is 2.70 bits per heavy atom. The monoisotopic (exact) mass is 516 g/mol. The van der Waals surface area contributed by atoms with Gasteiger partial charge in [0.2, 0.25) is 0 Å². The van der Waals surface area contributed by atoms with E-state index in [9.17, 15) is 29.6 Å². The number of amides is 1. The standard InChI is InChI=1S/C23H20N6O7.Na.H/c30-11-18-21(22(31)32)27-17-8-19(20(29(34)35)9-16(17)26-18)28-10-15(25-13-28)12-36-23(33)24-7-6-14-4-2-1-3-5-14;;/h1-5,8-11,13,18,26H,6-7,12H2,(H,24,33)(H,31,32);;. The number of nitrogens with one attached hydrogen (secondary N) is 2. The molecule has 0 saturated carbocycles. The molecule has 2 heterocycles. The number of hydrogen-bond donors (Lipinski definition) is 3. The summed E-state index contributed by atoms with van der Waals surface area (Å²) in [6.45, 7) is 0.212. The van der Waals surface area contributed by atoms with Crippen molar-refractivity contribution in [3.8, 4) is 5.69 Å². The van der Waals surface area contributed by atoms with Gasteiger partial charge in [0, 0.05) is 18.8 Å². The number of ether oxygens (including phenoxy) is 1. The van der Waals surface area contributed by atoms with E-state index in [1.54, 1.807) is 0 Å². The molecule has 1 unspecified atom stereocenters. The van der Waals surface area contributed by atoms with E-state index in [0.717, 1.165) is 5.56 Å². The van der Waals surface area contributed by atoms with Crippen LogP contribution >= 0.6 is 0 Å². The number of aliphatic imine (C=N–C) groups is 1. The summed E-state index contributed by atoms with van der Waals surface area (Å²) >= 11 is 0. The van der Waals surface area contributed by atoms with Crippen molar-refractivity contribution in [3.63, 3.8) is 0 Å². The Bertz CT molecular complexity index is 1360. The van der Waals surface area contributed by atoms with E-state index in [1.165, 1.54) is 29.2 Å². The van der Waals surface area contributed by atoms with Gasteiger partial charge in [-0.05, 0) is 18.1 Å². The molecule has 3 N–H and O–H groups in total. The molecule has 13 nitrogen and oxygen atoms in total. The van der Waals surface area contributed by atoms with E-state index in [2.05, 4.69) is 20.6 Å². The first kappa shape index (κ1) is 27.5. The first-order chi connectivity index (χ1) is 17.4. The van der Waals surface area contributed by atoms with E-state index >= 15 is 0 Å². The number of fused-ring (bicyclic) bond motifs is 1. The minimum atomic E-state index is -1.39. The molecule has 0 aliphatic carbocycles. The number of aliphatic carboxylic acids is 1. The van der Waals surface area contributed by atoms with Crippen molar-refractivity contribution in [2.45, 2.75) is 19.1 Å². The number of aromatic nitrogens is 2. The molecule has 1 amide bonds. The van der Waals surface area contributed by atoms with Crippen molar-refractivity contribution in [2.75, 3.05) is 11.9 Å². The number of anilines is 1. The second kappa shape index (κ2) is 12.3. The minimum absolute atomic E-state index is 0. The molecule has 0 spiro atoms. The molecule has 4 rings (SSSR count). The zero-order chi connectivity index (χ0) is 25.7. The summed E-state index contributed by atoms with van der Waals surface area (Å²) in [4.78, 5) is 53.8. The molecule has 1 atom stereocenters. The number of benzene rings is 2. The summed E-state index contributed by atoms with van der Waals surface area (Å²) in [5.74, 6) is -1.39. The number of rotatable bonds is 9. The summed E-state index contributed by atoms with van der Waals surface area (Å²) in [7, 11) is 0. The van der Waals surface area contributed by atoms with E-state index in [-0.39, 0.29) is 58.9 Å². The average molecular weight is 516 g/mol. The molecule has 0 saturated heterocycles. The number of nitro benzene ring substituents is 1. The number of nitrogens with zero attached hydrogens (tertiary/aromatic N) is 4. The van der Waals surface area contributed by atoms with Crippen LogP contribution in [0.1, 0.15) is 11.3 Å². The SMILES string of the molecule is O=CC1Nc2cc([N+](=O)[O-])c(-n3cnc(COC(=O)NCCc4ccccc4)c3)cc2N=C1C(=O)O.[NaH]. The fraction of sp³-hybridized carbons (Fsp3) is 0.174. The topological polar surface area (TPSA) is 178 Å². The molecule has 2 aromatic carbocycles. The zero-order valence-electron chi connectivity index (χ0n) is 18.7. The molecular weight excluding hydrogens is 495 g/mol. The Morgan fingerprint density at radius 2 is 2.03 bits per heavy atom. The van der Waals surface area contributed by atoms with Crippen molar-refractivity contribution in [2.24, 2.45) is 4.99 Å². The predicted octanol–water partition coefficient (Wildman–Crippen LogP) is 1.75. The average Bonchev–Trinajstić information content (AvgIpc) is 3.35. The third-order valence-electron chi connectivity index (χ3n) is 5.28. The van der Waals surface area contributed by atoms with Gasteiger partial charge in [0.1, 0.15) is 24.6 Å². The van der Waals surface area contributed by atoms with E-state index in [1.807, 2.05) is 30.3 Å². The quantitative estimate of drug-likeness (QED) is 0.165. The van der Waals surface area contributed by atoms with E-state index in [4.69, 9.17) is 4.74 Å². The van der Waals surface area contributed by atoms with Crippen LogP contribution in [0.3, 0.4) is 0 Å². The number of carboxylic acid groups (broad SMARTS) is 1. The fourth-order valence-electron chi connectivity index (χ4n) is 3.56. The summed E-state index contributed by atoms with van der Waals surface area (Å²) in [5, 5.41) is 26.3. The molecule has 1 aliphatic rings. The second-order valence-electron chi connectivity index (χ2n) is 7.69. The summed E-state index contributed by atoms with van der Waals surface area (Å²) in [6, 6.07) is 10.9. The van der Waals surface area contributed by atoms with Crippen molar-refractivity contribution >= 4 is 70.7 Å². The van der Waals surface area contributed by atoms with Gasteiger partial charge in [0.25, 0.3) is 5.69 Å². The number of carbonyl (C=O) groups excluding carboxylic acids is 2. The van der Waals surface area contributed by atoms with Gasteiger partial charge in [0.05, 0.1) is 28.3 Å². The first-order valence-corrected chi connectivity index (χ1v) is 10.7. The molecule has 0 fully saturated rings. The first-order valence-electron chi connectivity index (χ1n) is 10.7. The van der Waals surface area contributed by atoms with Crippen molar-refractivity contribution in [3.05, 3.63) is 76.4 Å². The van der Waals surface area contributed by atoms with Gasteiger partial charge < -0.3 is 25.3 Å².